The Morgan fingerprint density at radius 1 is 0.960 bits per heavy atom. The Kier molecular flexibility index (Phi) is 4.48. The van der Waals surface area contributed by atoms with Gasteiger partial charge in [-0.1, -0.05) is 18.2 Å². The second-order valence-electron chi connectivity index (χ2n) is 5.71. The van der Waals surface area contributed by atoms with Crippen LogP contribution in [0, 0.1) is 25.2 Å². The van der Waals surface area contributed by atoms with E-state index in [0.717, 1.165) is 22.5 Å². The van der Waals surface area contributed by atoms with Crippen molar-refractivity contribution in [1.82, 2.24) is 9.97 Å². The van der Waals surface area contributed by atoms with Gasteiger partial charge in [-0.05, 0) is 49.2 Å². The molecule has 3 rings (SSSR count). The van der Waals surface area contributed by atoms with E-state index in [0.29, 0.717) is 23.1 Å². The molecule has 0 unspecified atom stereocenters. The number of nitrogen functional groups attached to an aromatic ring is 1. The summed E-state index contributed by atoms with van der Waals surface area (Å²) in [5.74, 6) is 1.36. The fourth-order valence-corrected chi connectivity index (χ4v) is 2.48. The van der Waals surface area contributed by atoms with E-state index in [9.17, 15) is 0 Å². The Morgan fingerprint density at radius 2 is 1.64 bits per heavy atom. The summed E-state index contributed by atoms with van der Waals surface area (Å²) in [6, 6.07) is 16.9. The first-order valence-electron chi connectivity index (χ1n) is 7.80. The second-order valence-corrected chi connectivity index (χ2v) is 5.71. The third kappa shape index (κ3) is 3.85. The van der Waals surface area contributed by atoms with Gasteiger partial charge in [0, 0.05) is 17.4 Å². The van der Waals surface area contributed by atoms with E-state index < -0.39 is 0 Å². The molecule has 2 aromatic carbocycles. The van der Waals surface area contributed by atoms with Crippen LogP contribution in [0.2, 0.25) is 0 Å². The van der Waals surface area contributed by atoms with Crippen molar-refractivity contribution in [3.8, 4) is 6.07 Å². The maximum absolute atomic E-state index is 8.86. The summed E-state index contributed by atoms with van der Waals surface area (Å²) in [5.41, 5.74) is 10.5. The van der Waals surface area contributed by atoms with E-state index in [1.807, 2.05) is 32.0 Å². The quantitative estimate of drug-likeness (QED) is 0.668. The average molecular weight is 330 g/mol. The van der Waals surface area contributed by atoms with Crippen LogP contribution in [0.1, 0.15) is 16.7 Å². The smallest absolute Gasteiger partial charge is 0.231 e. The molecule has 0 bridgehead atoms. The normalized spacial score (nSPS) is 10.1. The molecule has 6 heteroatoms. The summed E-state index contributed by atoms with van der Waals surface area (Å²) in [6.07, 6.45) is 0. The van der Waals surface area contributed by atoms with Gasteiger partial charge in [0.05, 0.1) is 11.6 Å². The van der Waals surface area contributed by atoms with Crippen molar-refractivity contribution in [2.24, 2.45) is 0 Å². The Balaban J connectivity index is 1.86. The molecule has 0 spiro atoms. The molecular formula is C19H18N6. The predicted molar refractivity (Wildman–Crippen MR) is 100 cm³/mol. The maximum Gasteiger partial charge on any atom is 0.231 e. The topological polar surface area (TPSA) is 99.6 Å². The number of hydrogen-bond acceptors (Lipinski definition) is 6. The molecule has 0 saturated carbocycles. The maximum atomic E-state index is 8.86. The number of aromatic nitrogens is 2. The van der Waals surface area contributed by atoms with E-state index in [1.54, 1.807) is 30.3 Å². The van der Waals surface area contributed by atoms with Crippen LogP contribution < -0.4 is 16.4 Å². The molecule has 1 heterocycles. The molecule has 4 N–H and O–H groups in total. The minimum atomic E-state index is 0.361. The Hall–Kier alpha value is -3.59. The van der Waals surface area contributed by atoms with Crippen LogP contribution in [0.4, 0.5) is 29.0 Å². The van der Waals surface area contributed by atoms with Crippen LogP contribution in [0.3, 0.4) is 0 Å². The molecule has 0 saturated heterocycles. The van der Waals surface area contributed by atoms with Crippen molar-refractivity contribution < 1.29 is 0 Å². The molecule has 0 fully saturated rings. The van der Waals surface area contributed by atoms with Gasteiger partial charge in [0.15, 0.2) is 0 Å². The molecule has 6 nitrogen and oxygen atoms in total. The summed E-state index contributed by atoms with van der Waals surface area (Å²) in [5, 5.41) is 15.3. The number of hydrogen-bond donors (Lipinski definition) is 3. The van der Waals surface area contributed by atoms with Crippen LogP contribution in [-0.4, -0.2) is 9.97 Å². The summed E-state index contributed by atoms with van der Waals surface area (Å²) in [7, 11) is 0. The lowest BCUT2D eigenvalue weighted by molar-refractivity contribution is 1.17. The van der Waals surface area contributed by atoms with Gasteiger partial charge in [0.2, 0.25) is 5.95 Å². The van der Waals surface area contributed by atoms with Crippen LogP contribution >= 0.6 is 0 Å². The van der Waals surface area contributed by atoms with E-state index in [2.05, 4.69) is 26.7 Å². The zero-order valence-electron chi connectivity index (χ0n) is 14.0. The molecule has 0 aliphatic heterocycles. The highest BCUT2D eigenvalue weighted by atomic mass is 15.2. The summed E-state index contributed by atoms with van der Waals surface area (Å²) < 4.78 is 0. The van der Waals surface area contributed by atoms with Crippen molar-refractivity contribution in [3.63, 3.8) is 0 Å². The molecule has 0 atom stereocenters. The molecule has 25 heavy (non-hydrogen) atoms. The fourth-order valence-electron chi connectivity index (χ4n) is 2.48. The standard InChI is InChI=1S/C19H18N6/c1-12-4-3-5-13(2)18(12)24-17-10-16(21)23-19(25-17)22-15-8-6-14(11-20)7-9-15/h3-10H,1-2H3,(H4,21,22,23,24,25). The van der Waals surface area contributed by atoms with Gasteiger partial charge in [0.25, 0.3) is 0 Å². The summed E-state index contributed by atoms with van der Waals surface area (Å²) in [6.45, 7) is 4.07. The highest BCUT2D eigenvalue weighted by Gasteiger charge is 2.07. The summed E-state index contributed by atoms with van der Waals surface area (Å²) in [4.78, 5) is 8.68. The number of para-hydroxylation sites is 1. The Labute approximate surface area is 146 Å². The lowest BCUT2D eigenvalue weighted by Crippen LogP contribution is -2.05. The molecule has 3 aromatic rings. The molecule has 1 aromatic heterocycles. The van der Waals surface area contributed by atoms with Crippen molar-refractivity contribution in [2.75, 3.05) is 16.4 Å². The lowest BCUT2D eigenvalue weighted by atomic mass is 10.1. The SMILES string of the molecule is Cc1cccc(C)c1Nc1cc(N)nc(Nc2ccc(C#N)cc2)n1. The number of nitrogens with one attached hydrogen (secondary N) is 2. The monoisotopic (exact) mass is 330 g/mol. The molecule has 0 amide bonds. The summed E-state index contributed by atoms with van der Waals surface area (Å²) >= 11 is 0. The van der Waals surface area contributed by atoms with E-state index in [1.165, 1.54) is 0 Å². The van der Waals surface area contributed by atoms with Gasteiger partial charge < -0.3 is 16.4 Å². The molecular weight excluding hydrogens is 312 g/mol. The molecule has 0 radical (unpaired) electrons. The minimum Gasteiger partial charge on any atom is -0.383 e. The number of aryl methyl sites for hydroxylation is 2. The average Bonchev–Trinajstić information content (AvgIpc) is 2.58. The van der Waals surface area contributed by atoms with Gasteiger partial charge in [0.1, 0.15) is 11.6 Å². The fraction of sp³-hybridized carbons (Fsp3) is 0.105. The van der Waals surface area contributed by atoms with Gasteiger partial charge in [-0.2, -0.15) is 15.2 Å². The van der Waals surface area contributed by atoms with Crippen molar-refractivity contribution in [1.29, 1.82) is 5.26 Å². The molecule has 0 aliphatic rings. The first kappa shape index (κ1) is 16.3. The molecule has 124 valence electrons. The van der Waals surface area contributed by atoms with Gasteiger partial charge >= 0.3 is 0 Å². The van der Waals surface area contributed by atoms with E-state index >= 15 is 0 Å². The third-order valence-electron chi connectivity index (χ3n) is 3.75. The molecule has 0 aliphatic carbocycles. The predicted octanol–water partition coefficient (Wildman–Crippen LogP) is 4.03. The van der Waals surface area contributed by atoms with Gasteiger partial charge in [-0.3, -0.25) is 0 Å². The number of nitrogens with zero attached hydrogens (tertiary/aromatic N) is 3. The van der Waals surface area contributed by atoms with Crippen molar-refractivity contribution in [3.05, 3.63) is 65.2 Å². The van der Waals surface area contributed by atoms with Gasteiger partial charge in [-0.25, -0.2) is 0 Å². The van der Waals surface area contributed by atoms with Crippen molar-refractivity contribution in [2.45, 2.75) is 13.8 Å². The third-order valence-corrected chi connectivity index (χ3v) is 3.75. The van der Waals surface area contributed by atoms with Crippen LogP contribution in [0.5, 0.6) is 0 Å². The number of nitriles is 1. The Bertz CT molecular complexity index is 921. The second kappa shape index (κ2) is 6.89. The number of anilines is 5. The zero-order valence-corrected chi connectivity index (χ0v) is 14.0. The number of rotatable bonds is 4. The van der Waals surface area contributed by atoms with Crippen LogP contribution in [-0.2, 0) is 0 Å². The number of nitrogens with two attached hydrogens (primary N) is 1. The minimum absolute atomic E-state index is 0.361. The lowest BCUT2D eigenvalue weighted by Gasteiger charge is -2.13. The van der Waals surface area contributed by atoms with E-state index in [4.69, 9.17) is 11.0 Å². The zero-order chi connectivity index (χ0) is 17.8. The first-order valence-corrected chi connectivity index (χ1v) is 7.80. The van der Waals surface area contributed by atoms with Crippen LogP contribution in [0.15, 0.2) is 48.5 Å². The van der Waals surface area contributed by atoms with Gasteiger partial charge in [-0.15, -0.1) is 0 Å². The van der Waals surface area contributed by atoms with E-state index in [-0.39, 0.29) is 0 Å². The number of benzene rings is 2. The first-order chi connectivity index (χ1) is 12.0. The van der Waals surface area contributed by atoms with Crippen LogP contribution in [0.25, 0.3) is 0 Å². The highest BCUT2D eigenvalue weighted by Crippen LogP contribution is 2.25. The highest BCUT2D eigenvalue weighted by molar-refractivity contribution is 5.67. The van der Waals surface area contributed by atoms with Crippen molar-refractivity contribution >= 4 is 29.0 Å². The Morgan fingerprint density at radius 3 is 2.28 bits per heavy atom. The largest absolute Gasteiger partial charge is 0.383 e.